The second kappa shape index (κ2) is 8.02. The predicted octanol–water partition coefficient (Wildman–Crippen LogP) is 1.44. The molecule has 5 nitrogen and oxygen atoms in total. The molecule has 0 bridgehead atoms. The van der Waals surface area contributed by atoms with Crippen LogP contribution in [0.4, 0.5) is 0 Å². The van der Waals surface area contributed by atoms with E-state index in [4.69, 9.17) is 11.1 Å². The number of amides is 1. The van der Waals surface area contributed by atoms with Crippen molar-refractivity contribution in [2.45, 2.75) is 46.0 Å². The maximum Gasteiger partial charge on any atom is 0.223 e. The molecule has 0 aliphatic heterocycles. The van der Waals surface area contributed by atoms with Crippen molar-refractivity contribution in [2.24, 2.45) is 23.5 Å². The van der Waals surface area contributed by atoms with E-state index in [1.165, 1.54) is 12.8 Å². The lowest BCUT2D eigenvalue weighted by molar-refractivity contribution is -0.126. The van der Waals surface area contributed by atoms with E-state index in [2.05, 4.69) is 24.5 Å². The highest BCUT2D eigenvalue weighted by molar-refractivity contribution is 5.78. The minimum absolute atomic E-state index is 0.0154. The largest absolute Gasteiger partial charge is 0.370 e. The van der Waals surface area contributed by atoms with E-state index in [9.17, 15) is 4.79 Å². The summed E-state index contributed by atoms with van der Waals surface area (Å²) in [6.45, 7) is 5.83. The zero-order chi connectivity index (χ0) is 14.3. The van der Waals surface area contributed by atoms with Crippen LogP contribution in [-0.4, -0.2) is 25.0 Å². The minimum Gasteiger partial charge on any atom is -0.370 e. The molecule has 0 spiro atoms. The Kier molecular flexibility index (Phi) is 6.67. The van der Waals surface area contributed by atoms with Gasteiger partial charge in [-0.3, -0.25) is 10.2 Å². The molecular formula is C14H28N4O. The number of rotatable bonds is 6. The van der Waals surface area contributed by atoms with Gasteiger partial charge in [-0.15, -0.1) is 0 Å². The number of guanidine groups is 1. The van der Waals surface area contributed by atoms with E-state index >= 15 is 0 Å². The fraction of sp³-hybridized carbons (Fsp3) is 0.857. The van der Waals surface area contributed by atoms with Crippen molar-refractivity contribution in [3.63, 3.8) is 0 Å². The molecule has 0 atom stereocenters. The van der Waals surface area contributed by atoms with Gasteiger partial charge >= 0.3 is 0 Å². The molecule has 1 rings (SSSR count). The van der Waals surface area contributed by atoms with Crippen molar-refractivity contribution < 1.29 is 4.79 Å². The molecule has 0 aromatic carbocycles. The molecule has 5 N–H and O–H groups in total. The maximum atomic E-state index is 12.0. The van der Waals surface area contributed by atoms with Gasteiger partial charge in [0.25, 0.3) is 0 Å². The highest BCUT2D eigenvalue weighted by Crippen LogP contribution is 2.33. The lowest BCUT2D eigenvalue weighted by Crippen LogP contribution is -2.36. The molecular weight excluding hydrogens is 240 g/mol. The van der Waals surface area contributed by atoms with Crippen LogP contribution in [0.3, 0.4) is 0 Å². The molecule has 19 heavy (non-hydrogen) atoms. The Balaban J connectivity index is 2.12. The van der Waals surface area contributed by atoms with Crippen LogP contribution in [0.5, 0.6) is 0 Å². The van der Waals surface area contributed by atoms with Gasteiger partial charge < -0.3 is 16.4 Å². The normalized spacial score (nSPS) is 23.1. The van der Waals surface area contributed by atoms with E-state index < -0.39 is 0 Å². The fourth-order valence-corrected chi connectivity index (χ4v) is 2.72. The Morgan fingerprint density at radius 1 is 1.21 bits per heavy atom. The lowest BCUT2D eigenvalue weighted by Gasteiger charge is -2.30. The van der Waals surface area contributed by atoms with Crippen LogP contribution in [0, 0.1) is 23.2 Å². The zero-order valence-corrected chi connectivity index (χ0v) is 12.2. The van der Waals surface area contributed by atoms with Gasteiger partial charge in [0.1, 0.15) is 0 Å². The van der Waals surface area contributed by atoms with Crippen molar-refractivity contribution in [3.8, 4) is 0 Å². The average Bonchev–Trinajstić information content (AvgIpc) is 2.37. The molecule has 110 valence electrons. The average molecular weight is 268 g/mol. The predicted molar refractivity (Wildman–Crippen MR) is 77.8 cm³/mol. The quantitative estimate of drug-likeness (QED) is 0.334. The van der Waals surface area contributed by atoms with Crippen LogP contribution in [-0.2, 0) is 4.79 Å². The SMILES string of the molecule is CC(C)C1CCC(C(=O)NCCCNC(=N)N)CC1. The third-order valence-corrected chi connectivity index (χ3v) is 4.05. The molecule has 0 heterocycles. The first-order chi connectivity index (χ1) is 9.00. The minimum atomic E-state index is -0.0154. The zero-order valence-electron chi connectivity index (χ0n) is 12.2. The molecule has 1 amide bonds. The fourth-order valence-electron chi connectivity index (χ4n) is 2.72. The monoisotopic (exact) mass is 268 g/mol. The first kappa shape index (κ1) is 15.8. The Morgan fingerprint density at radius 2 is 1.79 bits per heavy atom. The molecule has 0 aromatic heterocycles. The van der Waals surface area contributed by atoms with Crippen molar-refractivity contribution >= 4 is 11.9 Å². The second-order valence-corrected chi connectivity index (χ2v) is 5.84. The smallest absolute Gasteiger partial charge is 0.223 e. The Bertz CT molecular complexity index is 296. The Labute approximate surface area is 116 Å². The summed E-state index contributed by atoms with van der Waals surface area (Å²) in [6.07, 6.45) is 5.22. The van der Waals surface area contributed by atoms with Gasteiger partial charge in [0.05, 0.1) is 0 Å². The summed E-state index contributed by atoms with van der Waals surface area (Å²) in [5.74, 6) is 1.92. The van der Waals surface area contributed by atoms with Gasteiger partial charge in [0.15, 0.2) is 5.96 Å². The van der Waals surface area contributed by atoms with Crippen molar-refractivity contribution in [1.29, 1.82) is 5.41 Å². The summed E-state index contributed by atoms with van der Waals surface area (Å²) in [5, 5.41) is 12.7. The molecule has 5 heteroatoms. The van der Waals surface area contributed by atoms with Crippen LogP contribution in [0.2, 0.25) is 0 Å². The summed E-state index contributed by atoms with van der Waals surface area (Å²) in [6, 6.07) is 0. The van der Waals surface area contributed by atoms with Gasteiger partial charge in [0.2, 0.25) is 5.91 Å². The molecule has 1 aliphatic rings. The van der Waals surface area contributed by atoms with Crippen LogP contribution in [0.25, 0.3) is 0 Å². The molecule has 0 unspecified atom stereocenters. The summed E-state index contributed by atoms with van der Waals surface area (Å²) in [7, 11) is 0. The molecule has 0 radical (unpaired) electrons. The van der Waals surface area contributed by atoms with Crippen LogP contribution in [0.15, 0.2) is 0 Å². The number of hydrogen-bond donors (Lipinski definition) is 4. The lowest BCUT2D eigenvalue weighted by atomic mass is 9.77. The first-order valence-electron chi connectivity index (χ1n) is 7.36. The summed E-state index contributed by atoms with van der Waals surface area (Å²) >= 11 is 0. The number of carbonyl (C=O) groups is 1. The summed E-state index contributed by atoms with van der Waals surface area (Å²) in [5.41, 5.74) is 5.17. The Morgan fingerprint density at radius 3 is 2.32 bits per heavy atom. The molecule has 0 aromatic rings. The van der Waals surface area contributed by atoms with Gasteiger partial charge in [0, 0.05) is 19.0 Å². The number of hydrogen-bond acceptors (Lipinski definition) is 2. The molecule has 1 saturated carbocycles. The summed E-state index contributed by atoms with van der Waals surface area (Å²) < 4.78 is 0. The molecule has 0 saturated heterocycles. The van der Waals surface area contributed by atoms with Crippen LogP contribution in [0.1, 0.15) is 46.0 Å². The number of carbonyl (C=O) groups excluding carboxylic acids is 1. The highest BCUT2D eigenvalue weighted by atomic mass is 16.1. The van der Waals surface area contributed by atoms with Crippen LogP contribution >= 0.6 is 0 Å². The van der Waals surface area contributed by atoms with E-state index in [0.29, 0.717) is 13.1 Å². The van der Waals surface area contributed by atoms with E-state index in [1.54, 1.807) is 0 Å². The third kappa shape index (κ3) is 5.94. The first-order valence-corrected chi connectivity index (χ1v) is 7.36. The topological polar surface area (TPSA) is 91.0 Å². The van der Waals surface area contributed by atoms with E-state index in [1.807, 2.05) is 0 Å². The van der Waals surface area contributed by atoms with Gasteiger partial charge in [-0.1, -0.05) is 13.8 Å². The highest BCUT2D eigenvalue weighted by Gasteiger charge is 2.27. The second-order valence-electron chi connectivity index (χ2n) is 5.84. The number of nitrogens with two attached hydrogens (primary N) is 1. The van der Waals surface area contributed by atoms with Crippen LogP contribution < -0.4 is 16.4 Å². The van der Waals surface area contributed by atoms with E-state index in [-0.39, 0.29) is 17.8 Å². The Hall–Kier alpha value is -1.26. The van der Waals surface area contributed by atoms with Gasteiger partial charge in [-0.2, -0.15) is 0 Å². The van der Waals surface area contributed by atoms with Gasteiger partial charge in [-0.25, -0.2) is 0 Å². The molecule has 1 fully saturated rings. The maximum absolute atomic E-state index is 12.0. The standard InChI is InChI=1S/C14H28N4O/c1-10(2)11-4-6-12(7-5-11)13(19)17-8-3-9-18-14(15)16/h10-12H,3-9H2,1-2H3,(H,17,19)(H4,15,16,18). The van der Waals surface area contributed by atoms with Crippen molar-refractivity contribution in [2.75, 3.05) is 13.1 Å². The third-order valence-electron chi connectivity index (χ3n) is 4.05. The molecule has 1 aliphatic carbocycles. The number of nitrogens with one attached hydrogen (secondary N) is 3. The van der Waals surface area contributed by atoms with Gasteiger partial charge in [-0.05, 0) is 43.9 Å². The van der Waals surface area contributed by atoms with E-state index in [0.717, 1.165) is 31.1 Å². The van der Waals surface area contributed by atoms with Crippen molar-refractivity contribution in [3.05, 3.63) is 0 Å². The van der Waals surface area contributed by atoms with Crippen molar-refractivity contribution in [1.82, 2.24) is 10.6 Å². The summed E-state index contributed by atoms with van der Waals surface area (Å²) in [4.78, 5) is 12.0.